The van der Waals surface area contributed by atoms with Gasteiger partial charge < -0.3 is 14.5 Å². The Morgan fingerprint density at radius 3 is 2.35 bits per heavy atom. The minimum absolute atomic E-state index is 0.0639. The molecule has 0 unspecified atom stereocenters. The average Bonchev–Trinajstić information content (AvgIpc) is 3.01. The van der Waals surface area contributed by atoms with Crippen LogP contribution in [0, 0.1) is 12.8 Å². The van der Waals surface area contributed by atoms with E-state index >= 15 is 0 Å². The summed E-state index contributed by atoms with van der Waals surface area (Å²) in [6.45, 7) is 8.77. The molecule has 7 nitrogen and oxygen atoms in total. The van der Waals surface area contributed by atoms with E-state index in [1.807, 2.05) is 0 Å². The van der Waals surface area contributed by atoms with E-state index in [1.165, 1.54) is 45.7 Å². The lowest BCUT2D eigenvalue weighted by Gasteiger charge is -2.35. The number of hydrogen-bond donors (Lipinski definition) is 0. The maximum atomic E-state index is 13.4. The van der Waals surface area contributed by atoms with E-state index in [1.54, 1.807) is 28.3 Å². The number of carbonyl (C=O) groups is 1. The quantitative estimate of drug-likeness (QED) is 0.707. The monoisotopic (exact) mass is 449 g/mol. The number of anilines is 1. The molecule has 3 heterocycles. The van der Waals surface area contributed by atoms with Crippen LogP contribution in [0.25, 0.3) is 0 Å². The lowest BCUT2D eigenvalue weighted by atomic mass is 9.97. The third kappa shape index (κ3) is 4.91. The lowest BCUT2D eigenvalue weighted by molar-refractivity contribution is -0.116. The van der Waals surface area contributed by atoms with Crippen LogP contribution in [0.5, 0.6) is 5.75 Å². The molecule has 172 valence electrons. The Balaban J connectivity index is 1.45. The van der Waals surface area contributed by atoms with E-state index in [9.17, 15) is 13.2 Å². The number of hydrogen-bond acceptors (Lipinski definition) is 5. The Hall–Kier alpha value is -1.64. The molecule has 2 saturated heterocycles. The largest absolute Gasteiger partial charge is 0.489 e. The number of likely N-dealkylation sites (tertiary alicyclic amines) is 1. The second-order valence-corrected chi connectivity index (χ2v) is 11.1. The van der Waals surface area contributed by atoms with Crippen LogP contribution in [0.4, 0.5) is 5.69 Å². The number of benzene rings is 1. The lowest BCUT2D eigenvalue weighted by Crippen LogP contribution is -2.42. The van der Waals surface area contributed by atoms with Crippen LogP contribution in [0.15, 0.2) is 17.0 Å². The SMILES string of the molecule is CC(=O)N1CCOc2cc(S(=O)(=O)N3CCC(CN4CCCCCC4)CC3)c(C)cc21. The summed E-state index contributed by atoms with van der Waals surface area (Å²) in [6.07, 6.45) is 7.06. The van der Waals surface area contributed by atoms with Crippen LogP contribution < -0.4 is 9.64 Å². The fourth-order valence-electron chi connectivity index (χ4n) is 5.11. The molecule has 1 aromatic carbocycles. The Morgan fingerprint density at radius 1 is 1.03 bits per heavy atom. The Morgan fingerprint density at radius 2 is 1.71 bits per heavy atom. The van der Waals surface area contributed by atoms with Crippen molar-refractivity contribution in [2.45, 2.75) is 57.3 Å². The van der Waals surface area contributed by atoms with Crippen LogP contribution in [0.1, 0.15) is 51.0 Å². The normalized spacial score (nSPS) is 21.9. The average molecular weight is 450 g/mol. The number of sulfonamides is 1. The number of rotatable bonds is 4. The van der Waals surface area contributed by atoms with Crippen LogP contribution in [0.3, 0.4) is 0 Å². The maximum Gasteiger partial charge on any atom is 0.243 e. The van der Waals surface area contributed by atoms with Gasteiger partial charge >= 0.3 is 0 Å². The van der Waals surface area contributed by atoms with E-state index in [0.717, 1.165) is 19.4 Å². The molecule has 31 heavy (non-hydrogen) atoms. The predicted molar refractivity (Wildman–Crippen MR) is 121 cm³/mol. The first kappa shape index (κ1) is 22.6. The topological polar surface area (TPSA) is 70.2 Å². The van der Waals surface area contributed by atoms with E-state index in [2.05, 4.69) is 4.90 Å². The van der Waals surface area contributed by atoms with E-state index in [0.29, 0.717) is 54.1 Å². The zero-order valence-corrected chi connectivity index (χ0v) is 19.6. The molecule has 0 bridgehead atoms. The Bertz CT molecular complexity index is 902. The molecule has 0 aliphatic carbocycles. The molecule has 1 amide bonds. The molecule has 0 radical (unpaired) electrons. The van der Waals surface area contributed by atoms with Crippen molar-refractivity contribution >= 4 is 21.6 Å². The summed E-state index contributed by atoms with van der Waals surface area (Å²) < 4.78 is 34.2. The van der Waals surface area contributed by atoms with Crippen molar-refractivity contribution in [1.29, 1.82) is 0 Å². The number of carbonyl (C=O) groups excluding carboxylic acids is 1. The van der Waals surface area contributed by atoms with E-state index in [4.69, 9.17) is 4.74 Å². The van der Waals surface area contributed by atoms with Gasteiger partial charge in [-0.25, -0.2) is 8.42 Å². The summed E-state index contributed by atoms with van der Waals surface area (Å²) in [6, 6.07) is 3.38. The number of ether oxygens (including phenoxy) is 1. The number of aryl methyl sites for hydroxylation is 1. The zero-order chi connectivity index (χ0) is 22.0. The fraction of sp³-hybridized carbons (Fsp3) is 0.696. The highest BCUT2D eigenvalue weighted by molar-refractivity contribution is 7.89. The maximum absolute atomic E-state index is 13.4. The van der Waals surface area contributed by atoms with Crippen molar-refractivity contribution in [2.75, 3.05) is 50.8 Å². The molecule has 2 fully saturated rings. The molecule has 4 rings (SSSR count). The van der Waals surface area contributed by atoms with Crippen LogP contribution in [-0.2, 0) is 14.8 Å². The van der Waals surface area contributed by atoms with Crippen molar-refractivity contribution < 1.29 is 17.9 Å². The summed E-state index contributed by atoms with van der Waals surface area (Å²) in [4.78, 5) is 16.5. The van der Waals surface area contributed by atoms with Gasteiger partial charge in [0, 0.05) is 32.6 Å². The van der Waals surface area contributed by atoms with Gasteiger partial charge in [-0.3, -0.25) is 4.79 Å². The van der Waals surface area contributed by atoms with Crippen LogP contribution >= 0.6 is 0 Å². The summed E-state index contributed by atoms with van der Waals surface area (Å²) in [5, 5.41) is 0. The molecule has 8 heteroatoms. The Kier molecular flexibility index (Phi) is 6.89. The van der Waals surface area contributed by atoms with Crippen molar-refractivity contribution in [1.82, 2.24) is 9.21 Å². The van der Waals surface area contributed by atoms with Gasteiger partial charge in [0.1, 0.15) is 12.4 Å². The summed E-state index contributed by atoms with van der Waals surface area (Å²) in [7, 11) is -3.59. The molecular formula is C23H35N3O4S. The molecule has 0 N–H and O–H groups in total. The smallest absolute Gasteiger partial charge is 0.243 e. The highest BCUT2D eigenvalue weighted by Gasteiger charge is 2.33. The first-order valence-corrected chi connectivity index (χ1v) is 13.1. The zero-order valence-electron chi connectivity index (χ0n) is 18.8. The predicted octanol–water partition coefficient (Wildman–Crippen LogP) is 3.02. The van der Waals surface area contributed by atoms with Crippen molar-refractivity contribution in [2.24, 2.45) is 5.92 Å². The van der Waals surface area contributed by atoms with Gasteiger partial charge in [0.15, 0.2) is 0 Å². The minimum Gasteiger partial charge on any atom is -0.489 e. The summed E-state index contributed by atoms with van der Waals surface area (Å²) >= 11 is 0. The second kappa shape index (κ2) is 9.46. The molecule has 0 atom stereocenters. The molecule has 3 aliphatic rings. The number of piperidine rings is 1. The van der Waals surface area contributed by atoms with Gasteiger partial charge in [-0.05, 0) is 63.2 Å². The van der Waals surface area contributed by atoms with Gasteiger partial charge in [0.2, 0.25) is 15.9 Å². The van der Waals surface area contributed by atoms with Crippen molar-refractivity contribution in [3.63, 3.8) is 0 Å². The van der Waals surface area contributed by atoms with Gasteiger partial charge in [0.05, 0.1) is 17.1 Å². The highest BCUT2D eigenvalue weighted by Crippen LogP contribution is 2.37. The molecule has 0 spiro atoms. The molecule has 0 aromatic heterocycles. The second-order valence-electron chi connectivity index (χ2n) is 9.17. The molecule has 3 aliphatic heterocycles. The Labute approximate surface area is 186 Å². The fourth-order valence-corrected chi connectivity index (χ4v) is 6.80. The minimum atomic E-state index is -3.59. The van der Waals surface area contributed by atoms with Gasteiger partial charge in [-0.2, -0.15) is 4.31 Å². The number of amides is 1. The third-order valence-electron chi connectivity index (χ3n) is 6.91. The number of fused-ring (bicyclic) bond motifs is 1. The van der Waals surface area contributed by atoms with Crippen LogP contribution in [-0.4, -0.2) is 69.4 Å². The molecular weight excluding hydrogens is 414 g/mol. The summed E-state index contributed by atoms with van der Waals surface area (Å²) in [5.41, 5.74) is 1.31. The van der Waals surface area contributed by atoms with Gasteiger partial charge in [0.25, 0.3) is 0 Å². The van der Waals surface area contributed by atoms with Gasteiger partial charge in [-0.1, -0.05) is 12.8 Å². The number of nitrogens with zero attached hydrogens (tertiary/aromatic N) is 3. The summed E-state index contributed by atoms with van der Waals surface area (Å²) in [5.74, 6) is 0.981. The van der Waals surface area contributed by atoms with Crippen LogP contribution in [0.2, 0.25) is 0 Å². The van der Waals surface area contributed by atoms with Crippen molar-refractivity contribution in [3.05, 3.63) is 17.7 Å². The molecule has 1 aromatic rings. The van der Waals surface area contributed by atoms with E-state index < -0.39 is 10.0 Å². The van der Waals surface area contributed by atoms with Crippen molar-refractivity contribution in [3.8, 4) is 5.75 Å². The van der Waals surface area contributed by atoms with E-state index in [-0.39, 0.29) is 5.91 Å². The first-order valence-electron chi connectivity index (χ1n) is 11.6. The third-order valence-corrected chi connectivity index (χ3v) is 8.95. The highest BCUT2D eigenvalue weighted by atomic mass is 32.2. The molecule has 0 saturated carbocycles. The standard InChI is InChI=1S/C23H35N3O4S/c1-18-15-21-22(30-14-13-26(21)19(2)27)16-23(18)31(28,29)25-11-7-20(8-12-25)17-24-9-5-3-4-6-10-24/h15-16,20H,3-14,17H2,1-2H3. The first-order chi connectivity index (χ1) is 14.9. The van der Waals surface area contributed by atoms with Gasteiger partial charge in [-0.15, -0.1) is 0 Å².